The van der Waals surface area contributed by atoms with Crippen LogP contribution >= 0.6 is 0 Å². The van der Waals surface area contributed by atoms with Crippen LogP contribution in [-0.2, 0) is 6.54 Å². The molecule has 30 heavy (non-hydrogen) atoms. The van der Waals surface area contributed by atoms with E-state index in [-0.39, 0.29) is 0 Å². The van der Waals surface area contributed by atoms with Gasteiger partial charge in [-0.3, -0.25) is 15.0 Å². The SMILES string of the molecule is Cc1cncc(-c2cc(C3CCN(Cc4nc(C)c5ccccc5n4)CC3)[nH]n2)c1. The number of aryl methyl sites for hydroxylation is 2. The number of piperidine rings is 1. The van der Waals surface area contributed by atoms with E-state index in [1.165, 1.54) is 5.69 Å². The Morgan fingerprint density at radius 2 is 1.87 bits per heavy atom. The van der Waals surface area contributed by atoms with E-state index < -0.39 is 0 Å². The molecule has 1 aliphatic heterocycles. The maximum Gasteiger partial charge on any atom is 0.143 e. The average molecular weight is 399 g/mol. The van der Waals surface area contributed by atoms with E-state index in [4.69, 9.17) is 9.97 Å². The highest BCUT2D eigenvalue weighted by atomic mass is 15.2. The number of hydrogen-bond donors (Lipinski definition) is 1. The molecule has 0 radical (unpaired) electrons. The number of aromatic nitrogens is 5. The van der Waals surface area contributed by atoms with E-state index in [0.717, 1.165) is 71.7 Å². The van der Waals surface area contributed by atoms with Gasteiger partial charge in [-0.05, 0) is 63.5 Å². The molecule has 152 valence electrons. The first-order valence-electron chi connectivity index (χ1n) is 10.6. The van der Waals surface area contributed by atoms with E-state index >= 15 is 0 Å². The summed E-state index contributed by atoms with van der Waals surface area (Å²) in [5.41, 5.74) is 6.51. The van der Waals surface area contributed by atoms with Crippen molar-refractivity contribution in [1.82, 2.24) is 30.0 Å². The van der Waals surface area contributed by atoms with Gasteiger partial charge in [-0.1, -0.05) is 18.2 Å². The average Bonchev–Trinajstić information content (AvgIpc) is 3.25. The molecule has 6 nitrogen and oxygen atoms in total. The Morgan fingerprint density at radius 3 is 2.70 bits per heavy atom. The van der Waals surface area contributed by atoms with Gasteiger partial charge in [0.2, 0.25) is 0 Å². The zero-order valence-corrected chi connectivity index (χ0v) is 17.5. The van der Waals surface area contributed by atoms with Crippen molar-refractivity contribution in [2.45, 2.75) is 39.2 Å². The first-order chi connectivity index (χ1) is 14.7. The largest absolute Gasteiger partial charge is 0.296 e. The number of nitrogens with one attached hydrogen (secondary N) is 1. The molecule has 4 aromatic rings. The van der Waals surface area contributed by atoms with Gasteiger partial charge >= 0.3 is 0 Å². The highest BCUT2D eigenvalue weighted by Gasteiger charge is 2.23. The number of H-pyrrole nitrogens is 1. The van der Waals surface area contributed by atoms with Gasteiger partial charge in [0.15, 0.2) is 0 Å². The molecule has 1 N–H and O–H groups in total. The van der Waals surface area contributed by atoms with Gasteiger partial charge in [0.1, 0.15) is 5.82 Å². The summed E-state index contributed by atoms with van der Waals surface area (Å²) in [5.74, 6) is 1.43. The van der Waals surface area contributed by atoms with Gasteiger partial charge in [0.05, 0.1) is 17.8 Å². The number of nitrogens with zero attached hydrogens (tertiary/aromatic N) is 5. The Labute approximate surface area is 176 Å². The third-order valence-electron chi connectivity index (χ3n) is 6.00. The number of hydrogen-bond acceptors (Lipinski definition) is 5. The summed E-state index contributed by atoms with van der Waals surface area (Å²) in [6, 6.07) is 12.5. The number of fused-ring (bicyclic) bond motifs is 1. The number of rotatable bonds is 4. The van der Waals surface area contributed by atoms with E-state index in [9.17, 15) is 0 Å². The van der Waals surface area contributed by atoms with Crippen LogP contribution in [0.25, 0.3) is 22.2 Å². The molecule has 1 aromatic carbocycles. The summed E-state index contributed by atoms with van der Waals surface area (Å²) in [7, 11) is 0. The predicted molar refractivity (Wildman–Crippen MR) is 118 cm³/mol. The monoisotopic (exact) mass is 398 g/mol. The van der Waals surface area contributed by atoms with Crippen LogP contribution in [0.5, 0.6) is 0 Å². The smallest absolute Gasteiger partial charge is 0.143 e. The fourth-order valence-corrected chi connectivity index (χ4v) is 4.36. The van der Waals surface area contributed by atoms with Gasteiger partial charge in [-0.15, -0.1) is 0 Å². The van der Waals surface area contributed by atoms with Crippen molar-refractivity contribution in [3.63, 3.8) is 0 Å². The van der Waals surface area contributed by atoms with Gasteiger partial charge in [-0.25, -0.2) is 9.97 Å². The van der Waals surface area contributed by atoms with Crippen molar-refractivity contribution in [3.8, 4) is 11.3 Å². The molecule has 5 rings (SSSR count). The summed E-state index contributed by atoms with van der Waals surface area (Å²) in [5, 5.41) is 8.93. The summed E-state index contributed by atoms with van der Waals surface area (Å²) in [6.45, 7) is 7.02. The molecular formula is C24H26N6. The van der Waals surface area contributed by atoms with E-state index in [0.29, 0.717) is 5.92 Å². The van der Waals surface area contributed by atoms with Crippen molar-refractivity contribution >= 4 is 10.9 Å². The molecule has 6 heteroatoms. The number of aromatic amines is 1. The van der Waals surface area contributed by atoms with Crippen molar-refractivity contribution < 1.29 is 0 Å². The fraction of sp³-hybridized carbons (Fsp3) is 0.333. The summed E-state index contributed by atoms with van der Waals surface area (Å²) in [4.78, 5) is 16.3. The normalized spacial score (nSPS) is 15.7. The van der Waals surface area contributed by atoms with Gasteiger partial charge < -0.3 is 0 Å². The topological polar surface area (TPSA) is 70.6 Å². The number of pyridine rings is 1. The molecule has 3 aromatic heterocycles. The minimum Gasteiger partial charge on any atom is -0.296 e. The third-order valence-corrected chi connectivity index (χ3v) is 6.00. The minimum absolute atomic E-state index is 0.513. The predicted octanol–water partition coefficient (Wildman–Crippen LogP) is 4.41. The van der Waals surface area contributed by atoms with Crippen molar-refractivity contribution in [2.24, 2.45) is 0 Å². The van der Waals surface area contributed by atoms with Crippen LogP contribution in [0.1, 0.15) is 41.5 Å². The molecule has 0 amide bonds. The second-order valence-corrected chi connectivity index (χ2v) is 8.25. The fourth-order valence-electron chi connectivity index (χ4n) is 4.36. The molecule has 1 saturated heterocycles. The van der Waals surface area contributed by atoms with Crippen LogP contribution in [0.3, 0.4) is 0 Å². The first kappa shape index (κ1) is 18.9. The molecule has 0 bridgehead atoms. The highest BCUT2D eigenvalue weighted by Crippen LogP contribution is 2.30. The van der Waals surface area contributed by atoms with Crippen LogP contribution < -0.4 is 0 Å². The molecule has 0 aliphatic carbocycles. The van der Waals surface area contributed by atoms with Crippen molar-refractivity contribution in [1.29, 1.82) is 0 Å². The quantitative estimate of drug-likeness (QED) is 0.551. The Balaban J connectivity index is 1.24. The Kier molecular flexibility index (Phi) is 5.01. The van der Waals surface area contributed by atoms with Crippen LogP contribution in [0.15, 0.2) is 48.8 Å². The highest BCUT2D eigenvalue weighted by molar-refractivity contribution is 5.80. The summed E-state index contributed by atoms with van der Waals surface area (Å²) < 4.78 is 0. The van der Waals surface area contributed by atoms with Crippen LogP contribution in [-0.4, -0.2) is 43.1 Å². The lowest BCUT2D eigenvalue weighted by atomic mass is 9.93. The second kappa shape index (κ2) is 7.95. The lowest BCUT2D eigenvalue weighted by molar-refractivity contribution is 0.199. The molecular weight excluding hydrogens is 372 g/mol. The van der Waals surface area contributed by atoms with Crippen LogP contribution in [0.4, 0.5) is 0 Å². The third kappa shape index (κ3) is 3.83. The maximum atomic E-state index is 4.78. The molecule has 1 fully saturated rings. The van der Waals surface area contributed by atoms with Crippen molar-refractivity contribution in [3.05, 3.63) is 71.6 Å². The van der Waals surface area contributed by atoms with E-state index in [1.54, 1.807) is 0 Å². The first-order valence-corrected chi connectivity index (χ1v) is 10.6. The lowest BCUT2D eigenvalue weighted by Crippen LogP contribution is -2.33. The van der Waals surface area contributed by atoms with Gasteiger partial charge in [0, 0.05) is 40.6 Å². The molecule has 0 saturated carbocycles. The summed E-state index contributed by atoms with van der Waals surface area (Å²) in [6.07, 6.45) is 5.97. The standard InChI is InChI=1S/C24H26N6/c1-16-11-19(14-25-13-16)23-12-22(28-29-23)18-7-9-30(10-8-18)15-24-26-17(2)20-5-3-4-6-21(20)27-24/h3-6,11-14,18H,7-10,15H2,1-2H3,(H,28,29). The van der Waals surface area contributed by atoms with E-state index in [1.807, 2.05) is 24.5 Å². The Hall–Kier alpha value is -3.12. The van der Waals surface area contributed by atoms with Gasteiger partial charge in [0.25, 0.3) is 0 Å². The maximum absolute atomic E-state index is 4.78. The summed E-state index contributed by atoms with van der Waals surface area (Å²) >= 11 is 0. The molecule has 0 spiro atoms. The van der Waals surface area contributed by atoms with Crippen LogP contribution in [0.2, 0.25) is 0 Å². The second-order valence-electron chi connectivity index (χ2n) is 8.25. The molecule has 1 aliphatic rings. The zero-order chi connectivity index (χ0) is 20.5. The van der Waals surface area contributed by atoms with E-state index in [2.05, 4.69) is 58.2 Å². The molecule has 0 atom stereocenters. The van der Waals surface area contributed by atoms with Gasteiger partial charge in [-0.2, -0.15) is 5.10 Å². The Morgan fingerprint density at radius 1 is 1.03 bits per heavy atom. The molecule has 0 unspecified atom stereocenters. The van der Waals surface area contributed by atoms with Crippen molar-refractivity contribution in [2.75, 3.05) is 13.1 Å². The number of benzene rings is 1. The lowest BCUT2D eigenvalue weighted by Gasteiger charge is -2.30. The minimum atomic E-state index is 0.513. The molecule has 4 heterocycles. The zero-order valence-electron chi connectivity index (χ0n) is 17.5. The van der Waals surface area contributed by atoms with Crippen LogP contribution in [0, 0.1) is 13.8 Å². The number of likely N-dealkylation sites (tertiary alicyclic amines) is 1. The Bertz CT molecular complexity index is 1170. The number of para-hydroxylation sites is 1.